The molecule has 6 nitrogen and oxygen atoms in total. The number of carbonyl (C=O) groups is 2. The molecule has 2 aromatic rings. The number of phenolic OH excluding ortho intramolecular Hbond substituents is 1. The molecule has 1 amide bonds. The minimum absolute atomic E-state index is 0.0635. The number of piperazine rings is 1. The number of aromatic hydroxyl groups is 1. The second-order valence-electron chi connectivity index (χ2n) is 6.44. The van der Waals surface area contributed by atoms with Crippen LogP contribution in [-0.4, -0.2) is 54.7 Å². The SMILES string of the molecule is Cc1ccc(O)c(C(=O)OCC(=O)N2CCN(c3cccc(Cl)c3)CC2)c1. The largest absolute Gasteiger partial charge is 0.507 e. The number of amides is 1. The van der Waals surface area contributed by atoms with Gasteiger partial charge in [-0.25, -0.2) is 4.79 Å². The van der Waals surface area contributed by atoms with Crippen LogP contribution >= 0.6 is 11.6 Å². The molecule has 1 aliphatic rings. The van der Waals surface area contributed by atoms with Crippen molar-refractivity contribution in [1.29, 1.82) is 0 Å². The lowest BCUT2D eigenvalue weighted by molar-refractivity contribution is -0.134. The summed E-state index contributed by atoms with van der Waals surface area (Å²) in [4.78, 5) is 28.3. The number of rotatable bonds is 4. The van der Waals surface area contributed by atoms with Crippen LogP contribution in [0.25, 0.3) is 0 Å². The van der Waals surface area contributed by atoms with E-state index >= 15 is 0 Å². The molecule has 142 valence electrons. The van der Waals surface area contributed by atoms with Gasteiger partial charge in [-0.05, 0) is 37.3 Å². The lowest BCUT2D eigenvalue weighted by Gasteiger charge is -2.36. The van der Waals surface area contributed by atoms with Crippen LogP contribution in [0.1, 0.15) is 15.9 Å². The van der Waals surface area contributed by atoms with Gasteiger partial charge in [0, 0.05) is 36.9 Å². The fraction of sp³-hybridized carbons (Fsp3) is 0.300. The van der Waals surface area contributed by atoms with Crippen LogP contribution in [0, 0.1) is 6.92 Å². The lowest BCUT2D eigenvalue weighted by atomic mass is 10.1. The summed E-state index contributed by atoms with van der Waals surface area (Å²) in [7, 11) is 0. The number of phenols is 1. The van der Waals surface area contributed by atoms with Gasteiger partial charge in [0.1, 0.15) is 11.3 Å². The number of ether oxygens (including phenoxy) is 1. The van der Waals surface area contributed by atoms with Crippen LogP contribution in [0.15, 0.2) is 42.5 Å². The number of benzene rings is 2. The summed E-state index contributed by atoms with van der Waals surface area (Å²) in [5.74, 6) is -1.11. The van der Waals surface area contributed by atoms with Crippen molar-refractivity contribution in [2.75, 3.05) is 37.7 Å². The van der Waals surface area contributed by atoms with Crippen molar-refractivity contribution < 1.29 is 19.4 Å². The molecular weight excluding hydrogens is 368 g/mol. The van der Waals surface area contributed by atoms with Crippen LogP contribution in [0.5, 0.6) is 5.75 Å². The van der Waals surface area contributed by atoms with Crippen molar-refractivity contribution in [2.24, 2.45) is 0 Å². The van der Waals surface area contributed by atoms with Crippen LogP contribution < -0.4 is 4.90 Å². The number of nitrogens with zero attached hydrogens (tertiary/aromatic N) is 2. The molecule has 3 rings (SSSR count). The monoisotopic (exact) mass is 388 g/mol. The second kappa shape index (κ2) is 8.31. The van der Waals surface area contributed by atoms with Gasteiger partial charge in [-0.2, -0.15) is 0 Å². The maximum atomic E-state index is 12.3. The summed E-state index contributed by atoms with van der Waals surface area (Å²) >= 11 is 6.03. The van der Waals surface area contributed by atoms with Crippen LogP contribution in [0.2, 0.25) is 5.02 Å². The third-order valence-corrected chi connectivity index (χ3v) is 4.74. The summed E-state index contributed by atoms with van der Waals surface area (Å²) < 4.78 is 5.08. The first-order valence-corrected chi connectivity index (χ1v) is 9.07. The molecule has 1 N–H and O–H groups in total. The molecule has 27 heavy (non-hydrogen) atoms. The van der Waals surface area contributed by atoms with Crippen molar-refractivity contribution >= 4 is 29.2 Å². The summed E-state index contributed by atoms with van der Waals surface area (Å²) in [5.41, 5.74) is 1.91. The molecule has 0 unspecified atom stereocenters. The Bertz CT molecular complexity index is 848. The van der Waals surface area contributed by atoms with Gasteiger partial charge in [0.25, 0.3) is 5.91 Å². The molecule has 7 heteroatoms. The zero-order chi connectivity index (χ0) is 19.4. The zero-order valence-electron chi connectivity index (χ0n) is 15.0. The molecule has 1 aliphatic heterocycles. The van der Waals surface area contributed by atoms with Gasteiger partial charge >= 0.3 is 5.97 Å². The number of halogens is 1. The Hall–Kier alpha value is -2.73. The van der Waals surface area contributed by atoms with E-state index in [0.29, 0.717) is 31.2 Å². The quantitative estimate of drug-likeness (QED) is 0.815. The van der Waals surface area contributed by atoms with Crippen LogP contribution in [0.4, 0.5) is 5.69 Å². The first-order chi connectivity index (χ1) is 12.9. The minimum Gasteiger partial charge on any atom is -0.507 e. The maximum absolute atomic E-state index is 12.3. The summed E-state index contributed by atoms with van der Waals surface area (Å²) in [6, 6.07) is 12.3. The Balaban J connectivity index is 1.51. The highest BCUT2D eigenvalue weighted by atomic mass is 35.5. The molecule has 1 heterocycles. The molecule has 2 aromatic carbocycles. The number of hydrogen-bond donors (Lipinski definition) is 1. The van der Waals surface area contributed by atoms with E-state index in [1.54, 1.807) is 17.9 Å². The van der Waals surface area contributed by atoms with Crippen molar-refractivity contribution in [3.63, 3.8) is 0 Å². The van der Waals surface area contributed by atoms with E-state index < -0.39 is 5.97 Å². The number of anilines is 1. The van der Waals surface area contributed by atoms with Gasteiger partial charge in [-0.1, -0.05) is 29.3 Å². The minimum atomic E-state index is -0.706. The highest BCUT2D eigenvalue weighted by Crippen LogP contribution is 2.21. The maximum Gasteiger partial charge on any atom is 0.342 e. The third-order valence-electron chi connectivity index (χ3n) is 4.50. The van der Waals surface area contributed by atoms with Crippen molar-refractivity contribution in [2.45, 2.75) is 6.92 Å². The Morgan fingerprint density at radius 1 is 1.11 bits per heavy atom. The van der Waals surface area contributed by atoms with E-state index in [0.717, 1.165) is 11.3 Å². The Kier molecular flexibility index (Phi) is 5.86. The molecule has 0 atom stereocenters. The topological polar surface area (TPSA) is 70.1 Å². The second-order valence-corrected chi connectivity index (χ2v) is 6.88. The number of hydrogen-bond acceptors (Lipinski definition) is 5. The van der Waals surface area contributed by atoms with Gasteiger partial charge in [0.05, 0.1) is 0 Å². The van der Waals surface area contributed by atoms with E-state index in [9.17, 15) is 14.7 Å². The number of carbonyl (C=O) groups excluding carboxylic acids is 2. The molecular formula is C20H21ClN2O4. The lowest BCUT2D eigenvalue weighted by Crippen LogP contribution is -2.49. The molecule has 0 spiro atoms. The first kappa shape index (κ1) is 19.0. The van der Waals surface area contributed by atoms with Gasteiger partial charge in [-0.15, -0.1) is 0 Å². The molecule has 0 aromatic heterocycles. The Morgan fingerprint density at radius 3 is 2.56 bits per heavy atom. The molecule has 1 saturated heterocycles. The average molecular weight is 389 g/mol. The molecule has 0 radical (unpaired) electrons. The van der Waals surface area contributed by atoms with E-state index in [4.69, 9.17) is 16.3 Å². The molecule has 0 aliphatic carbocycles. The fourth-order valence-electron chi connectivity index (χ4n) is 3.00. The van der Waals surface area contributed by atoms with Crippen molar-refractivity contribution in [1.82, 2.24) is 4.90 Å². The van der Waals surface area contributed by atoms with E-state index in [-0.39, 0.29) is 23.8 Å². The fourth-order valence-corrected chi connectivity index (χ4v) is 3.18. The average Bonchev–Trinajstić information content (AvgIpc) is 2.68. The third kappa shape index (κ3) is 4.71. The van der Waals surface area contributed by atoms with E-state index in [1.165, 1.54) is 12.1 Å². The summed E-state index contributed by atoms with van der Waals surface area (Å²) in [6.07, 6.45) is 0. The smallest absolute Gasteiger partial charge is 0.342 e. The Morgan fingerprint density at radius 2 is 1.85 bits per heavy atom. The van der Waals surface area contributed by atoms with Gasteiger partial charge in [-0.3, -0.25) is 4.79 Å². The highest BCUT2D eigenvalue weighted by molar-refractivity contribution is 6.30. The van der Waals surface area contributed by atoms with Gasteiger partial charge in [0.2, 0.25) is 0 Å². The van der Waals surface area contributed by atoms with Gasteiger partial charge in [0.15, 0.2) is 6.61 Å². The van der Waals surface area contributed by atoms with Crippen LogP contribution in [0.3, 0.4) is 0 Å². The Labute approximate surface area is 162 Å². The predicted octanol–water partition coefficient (Wildman–Crippen LogP) is 2.86. The highest BCUT2D eigenvalue weighted by Gasteiger charge is 2.23. The van der Waals surface area contributed by atoms with Gasteiger partial charge < -0.3 is 19.6 Å². The normalized spacial score (nSPS) is 14.1. The van der Waals surface area contributed by atoms with E-state index in [1.807, 2.05) is 24.3 Å². The molecule has 1 fully saturated rings. The number of esters is 1. The van der Waals surface area contributed by atoms with Crippen molar-refractivity contribution in [3.8, 4) is 5.75 Å². The number of aryl methyl sites for hydroxylation is 1. The van der Waals surface area contributed by atoms with E-state index in [2.05, 4.69) is 4.90 Å². The molecule has 0 bridgehead atoms. The summed E-state index contributed by atoms with van der Waals surface area (Å²) in [5, 5.41) is 10.4. The van der Waals surface area contributed by atoms with Crippen molar-refractivity contribution in [3.05, 3.63) is 58.6 Å². The predicted molar refractivity (Wildman–Crippen MR) is 103 cm³/mol. The summed E-state index contributed by atoms with van der Waals surface area (Å²) in [6.45, 7) is 3.90. The molecule has 0 saturated carbocycles. The first-order valence-electron chi connectivity index (χ1n) is 8.69. The standard InChI is InChI=1S/C20H21ClN2O4/c1-14-5-6-18(24)17(11-14)20(26)27-13-19(25)23-9-7-22(8-10-23)16-4-2-3-15(21)12-16/h2-6,11-12,24H,7-10,13H2,1H3. The zero-order valence-corrected chi connectivity index (χ0v) is 15.8. The van der Waals surface area contributed by atoms with Crippen LogP contribution in [-0.2, 0) is 9.53 Å².